The second kappa shape index (κ2) is 14.0. The van der Waals surface area contributed by atoms with Crippen molar-refractivity contribution in [2.45, 2.75) is 65.0 Å². The van der Waals surface area contributed by atoms with Crippen molar-refractivity contribution < 1.29 is 14.4 Å². The van der Waals surface area contributed by atoms with Gasteiger partial charge in [0.2, 0.25) is 11.8 Å². The van der Waals surface area contributed by atoms with E-state index < -0.39 is 0 Å². The van der Waals surface area contributed by atoms with E-state index >= 15 is 0 Å². The third kappa shape index (κ3) is 8.73. The second-order valence-corrected chi connectivity index (χ2v) is 11.2. The Kier molecular flexibility index (Phi) is 10.2. The molecule has 2 aromatic carbocycles. The fourth-order valence-corrected chi connectivity index (χ4v) is 5.32. The van der Waals surface area contributed by atoms with Crippen LogP contribution in [0, 0.1) is 5.92 Å². The van der Waals surface area contributed by atoms with E-state index in [0.29, 0.717) is 37.8 Å². The Bertz CT molecular complexity index is 1080. The van der Waals surface area contributed by atoms with Gasteiger partial charge in [-0.1, -0.05) is 63.4 Å². The molecular weight excluding hydrogens is 490 g/mol. The third-order valence-corrected chi connectivity index (χ3v) is 7.50. The van der Waals surface area contributed by atoms with Gasteiger partial charge in [-0.05, 0) is 48.6 Å². The number of amides is 4. The third-order valence-electron chi connectivity index (χ3n) is 7.50. The molecule has 39 heavy (non-hydrogen) atoms. The average Bonchev–Trinajstić information content (AvgIpc) is 2.94. The first-order valence-electron chi connectivity index (χ1n) is 14.4. The van der Waals surface area contributed by atoms with Crippen LogP contribution in [0.5, 0.6) is 0 Å². The standard InChI is InChI=1S/C31H43N5O3/c1-24(2)21-30(38)36(22-25-9-5-3-6-10-25)23-29(37)32-27-13-15-28(16-14-27)34-17-19-35(20-18-34)31(39)33-26-11-7-4-8-12-26/h3,5-6,9-10,13-16,24,26H,4,7-8,11-12,17-23H2,1-2H3,(H,32,37)(H,33,39). The largest absolute Gasteiger partial charge is 0.368 e. The first-order chi connectivity index (χ1) is 18.9. The zero-order valence-electron chi connectivity index (χ0n) is 23.4. The molecule has 0 radical (unpaired) electrons. The van der Waals surface area contributed by atoms with Gasteiger partial charge in [-0.2, -0.15) is 0 Å². The maximum Gasteiger partial charge on any atom is 0.317 e. The highest BCUT2D eigenvalue weighted by Gasteiger charge is 2.24. The number of piperazine rings is 1. The van der Waals surface area contributed by atoms with Gasteiger partial charge in [-0.15, -0.1) is 0 Å². The quantitative estimate of drug-likeness (QED) is 0.482. The van der Waals surface area contributed by atoms with E-state index in [0.717, 1.165) is 37.2 Å². The van der Waals surface area contributed by atoms with Gasteiger partial charge < -0.3 is 25.3 Å². The second-order valence-electron chi connectivity index (χ2n) is 11.2. The van der Waals surface area contributed by atoms with Crippen LogP contribution in [0.3, 0.4) is 0 Å². The number of urea groups is 1. The Hall–Kier alpha value is -3.55. The summed E-state index contributed by atoms with van der Waals surface area (Å²) in [6, 6.07) is 17.9. The lowest BCUT2D eigenvalue weighted by Crippen LogP contribution is -2.53. The molecule has 0 atom stereocenters. The van der Waals surface area contributed by atoms with Gasteiger partial charge >= 0.3 is 6.03 Å². The van der Waals surface area contributed by atoms with E-state index in [4.69, 9.17) is 0 Å². The SMILES string of the molecule is CC(C)CC(=O)N(CC(=O)Nc1ccc(N2CCN(C(=O)NC3CCCCC3)CC2)cc1)Cc1ccccc1. The van der Waals surface area contributed by atoms with Gasteiger partial charge in [0, 0.05) is 56.6 Å². The molecule has 4 rings (SSSR count). The predicted octanol–water partition coefficient (Wildman–Crippen LogP) is 4.86. The molecule has 8 nitrogen and oxygen atoms in total. The number of nitrogens with one attached hydrogen (secondary N) is 2. The van der Waals surface area contributed by atoms with Crippen LogP contribution in [0.15, 0.2) is 54.6 Å². The lowest BCUT2D eigenvalue weighted by Gasteiger charge is -2.37. The molecule has 2 N–H and O–H groups in total. The van der Waals surface area contributed by atoms with E-state index in [9.17, 15) is 14.4 Å². The highest BCUT2D eigenvalue weighted by Crippen LogP contribution is 2.21. The predicted molar refractivity (Wildman–Crippen MR) is 156 cm³/mol. The summed E-state index contributed by atoms with van der Waals surface area (Å²) in [5.41, 5.74) is 2.77. The molecule has 210 valence electrons. The van der Waals surface area contributed by atoms with E-state index in [-0.39, 0.29) is 30.3 Å². The van der Waals surface area contributed by atoms with Gasteiger partial charge in [-0.3, -0.25) is 9.59 Å². The number of carbonyl (C=O) groups is 3. The maximum atomic E-state index is 12.9. The van der Waals surface area contributed by atoms with Crippen LogP contribution in [0.4, 0.5) is 16.2 Å². The minimum atomic E-state index is -0.214. The number of hydrogen-bond donors (Lipinski definition) is 2. The number of rotatable bonds is 9. The van der Waals surface area contributed by atoms with E-state index in [1.54, 1.807) is 4.90 Å². The first kappa shape index (κ1) is 28.5. The number of benzene rings is 2. The van der Waals surface area contributed by atoms with E-state index in [1.807, 2.05) is 73.3 Å². The average molecular weight is 534 g/mol. The zero-order chi connectivity index (χ0) is 27.6. The fourth-order valence-electron chi connectivity index (χ4n) is 5.32. The number of anilines is 2. The molecule has 2 aromatic rings. The molecule has 1 heterocycles. The maximum absolute atomic E-state index is 12.9. The van der Waals surface area contributed by atoms with Gasteiger partial charge in [-0.25, -0.2) is 4.79 Å². The van der Waals surface area contributed by atoms with Crippen LogP contribution in [0.2, 0.25) is 0 Å². The van der Waals surface area contributed by atoms with Crippen molar-refractivity contribution in [3.05, 3.63) is 60.2 Å². The minimum Gasteiger partial charge on any atom is -0.368 e. The van der Waals surface area contributed by atoms with E-state index in [2.05, 4.69) is 15.5 Å². The lowest BCUT2D eigenvalue weighted by atomic mass is 9.96. The molecule has 4 amide bonds. The normalized spacial score (nSPS) is 16.2. The summed E-state index contributed by atoms with van der Waals surface area (Å²) in [5.74, 6) is -0.0150. The van der Waals surface area contributed by atoms with Crippen molar-refractivity contribution >= 4 is 29.2 Å². The highest BCUT2D eigenvalue weighted by molar-refractivity contribution is 5.94. The molecule has 0 aromatic heterocycles. The molecule has 0 unspecified atom stereocenters. The van der Waals surface area contributed by atoms with Crippen molar-refractivity contribution in [1.82, 2.24) is 15.1 Å². The summed E-state index contributed by atoms with van der Waals surface area (Å²) in [4.78, 5) is 44.2. The fraction of sp³-hybridized carbons (Fsp3) is 0.516. The summed E-state index contributed by atoms with van der Waals surface area (Å²) in [6.45, 7) is 7.36. The topological polar surface area (TPSA) is 85.0 Å². The molecular formula is C31H43N5O3. The lowest BCUT2D eigenvalue weighted by molar-refractivity contribution is -0.136. The van der Waals surface area contributed by atoms with Gasteiger partial charge in [0.15, 0.2) is 0 Å². The summed E-state index contributed by atoms with van der Waals surface area (Å²) in [5, 5.41) is 6.16. The molecule has 0 bridgehead atoms. The molecule has 1 saturated heterocycles. The number of carbonyl (C=O) groups excluding carboxylic acids is 3. The Balaban J connectivity index is 1.26. The zero-order valence-corrected chi connectivity index (χ0v) is 23.4. The number of hydrogen-bond acceptors (Lipinski definition) is 4. The van der Waals surface area contributed by atoms with Gasteiger partial charge in [0.1, 0.15) is 6.54 Å². The Labute approximate surface area is 232 Å². The highest BCUT2D eigenvalue weighted by atomic mass is 16.2. The molecule has 1 saturated carbocycles. The van der Waals surface area contributed by atoms with Crippen molar-refractivity contribution in [3.8, 4) is 0 Å². The van der Waals surface area contributed by atoms with Gasteiger partial charge in [0.05, 0.1) is 0 Å². The summed E-state index contributed by atoms with van der Waals surface area (Å²) in [6.07, 6.45) is 6.28. The van der Waals surface area contributed by atoms with Crippen LogP contribution < -0.4 is 15.5 Å². The molecule has 8 heteroatoms. The van der Waals surface area contributed by atoms with Crippen molar-refractivity contribution in [1.29, 1.82) is 0 Å². The Morgan fingerprint density at radius 1 is 0.897 bits per heavy atom. The summed E-state index contributed by atoms with van der Waals surface area (Å²) < 4.78 is 0. The van der Waals surface area contributed by atoms with Gasteiger partial charge in [0.25, 0.3) is 0 Å². The van der Waals surface area contributed by atoms with Crippen LogP contribution in [0.1, 0.15) is 57.9 Å². The Morgan fingerprint density at radius 3 is 2.21 bits per heavy atom. The van der Waals surface area contributed by atoms with Crippen LogP contribution in [-0.2, 0) is 16.1 Å². The van der Waals surface area contributed by atoms with Crippen molar-refractivity contribution in [3.63, 3.8) is 0 Å². The van der Waals surface area contributed by atoms with Crippen LogP contribution >= 0.6 is 0 Å². The molecule has 1 aliphatic carbocycles. The Morgan fingerprint density at radius 2 is 1.56 bits per heavy atom. The van der Waals surface area contributed by atoms with Crippen LogP contribution in [0.25, 0.3) is 0 Å². The minimum absolute atomic E-state index is 0.00702. The smallest absolute Gasteiger partial charge is 0.317 e. The number of nitrogens with zero attached hydrogens (tertiary/aromatic N) is 3. The van der Waals surface area contributed by atoms with E-state index in [1.165, 1.54) is 19.3 Å². The first-order valence-corrected chi connectivity index (χ1v) is 14.4. The molecule has 0 spiro atoms. The molecule has 2 aliphatic rings. The van der Waals surface area contributed by atoms with Crippen LogP contribution in [-0.4, -0.2) is 66.4 Å². The van der Waals surface area contributed by atoms with Crippen molar-refractivity contribution in [2.24, 2.45) is 5.92 Å². The molecule has 2 fully saturated rings. The molecule has 1 aliphatic heterocycles. The summed E-state index contributed by atoms with van der Waals surface area (Å²) >= 11 is 0. The monoisotopic (exact) mass is 533 g/mol. The van der Waals surface area contributed by atoms with Crippen molar-refractivity contribution in [2.75, 3.05) is 42.9 Å². The summed E-state index contributed by atoms with van der Waals surface area (Å²) in [7, 11) is 0.